The van der Waals surface area contributed by atoms with E-state index in [4.69, 9.17) is 0 Å². The fourth-order valence-corrected chi connectivity index (χ4v) is 3.44. The van der Waals surface area contributed by atoms with Crippen LogP contribution in [-0.2, 0) is 11.2 Å². The average Bonchev–Trinajstić information content (AvgIpc) is 3.42. The molecule has 5 nitrogen and oxygen atoms in total. The lowest BCUT2D eigenvalue weighted by Gasteiger charge is -2.36. The number of nitrogens with zero attached hydrogens (tertiary/aromatic N) is 2. The van der Waals surface area contributed by atoms with Crippen LogP contribution in [0, 0.1) is 12.7 Å². The second-order valence-corrected chi connectivity index (χ2v) is 7.39. The molecule has 2 aliphatic carbocycles. The van der Waals surface area contributed by atoms with E-state index in [1.165, 1.54) is 24.7 Å². The molecule has 0 atom stereocenters. The van der Waals surface area contributed by atoms with Crippen LogP contribution in [0.3, 0.4) is 0 Å². The van der Waals surface area contributed by atoms with Crippen LogP contribution in [0.5, 0.6) is 0 Å². The number of hydrogen-bond donors (Lipinski definition) is 2. The summed E-state index contributed by atoms with van der Waals surface area (Å²) in [5.41, 5.74) is 2.75. The maximum atomic E-state index is 13.9. The summed E-state index contributed by atoms with van der Waals surface area (Å²) >= 11 is 0. The van der Waals surface area contributed by atoms with Crippen molar-refractivity contribution in [2.45, 2.75) is 57.0 Å². The number of amides is 1. The third-order valence-electron chi connectivity index (χ3n) is 5.17. The number of aryl methyl sites for hydroxylation is 1. The Bertz CT molecular complexity index is 815. The predicted octanol–water partition coefficient (Wildman–Crippen LogP) is 3.10. The summed E-state index contributed by atoms with van der Waals surface area (Å²) in [5.74, 6) is 0.576. The van der Waals surface area contributed by atoms with E-state index in [1.807, 2.05) is 12.1 Å². The fraction of sp³-hybridized carbons (Fsp3) is 0.450. The second-order valence-electron chi connectivity index (χ2n) is 7.39. The van der Waals surface area contributed by atoms with Gasteiger partial charge in [0.05, 0.1) is 12.1 Å². The number of aromatic nitrogens is 2. The molecule has 0 spiro atoms. The predicted molar refractivity (Wildman–Crippen MR) is 97.4 cm³/mol. The maximum absolute atomic E-state index is 13.9. The first-order valence-electron chi connectivity index (χ1n) is 9.20. The number of carbonyl (C=O) groups is 1. The lowest BCUT2D eigenvalue weighted by Crippen LogP contribution is -2.50. The number of rotatable bonds is 6. The third kappa shape index (κ3) is 3.84. The Hall–Kier alpha value is -2.50. The number of nitrogens with one attached hydrogen (secondary N) is 2. The van der Waals surface area contributed by atoms with Crippen molar-refractivity contribution in [3.05, 3.63) is 53.2 Å². The Labute approximate surface area is 152 Å². The zero-order valence-corrected chi connectivity index (χ0v) is 14.8. The summed E-state index contributed by atoms with van der Waals surface area (Å²) in [6, 6.07) is 8.62. The van der Waals surface area contributed by atoms with Crippen molar-refractivity contribution in [2.24, 2.45) is 0 Å². The van der Waals surface area contributed by atoms with Gasteiger partial charge in [0.1, 0.15) is 6.33 Å². The van der Waals surface area contributed by atoms with E-state index in [0.29, 0.717) is 18.0 Å². The highest BCUT2D eigenvalue weighted by atomic mass is 19.1. The molecule has 2 aromatic rings. The van der Waals surface area contributed by atoms with Crippen LogP contribution >= 0.6 is 0 Å². The maximum Gasteiger partial charge on any atom is 0.224 e. The standard InChI is InChI=1S/C20H23FN4O/c1-12-19(21)20(23-11-22-12)25-17-9-16(10-17)24-18(26)8-13-3-2-4-15(7-13)14-5-6-14/h2-4,7,11,14,16-17H,5-6,8-10H2,1H3,(H,24,26)(H,22,23,25). The van der Waals surface area contributed by atoms with Gasteiger partial charge in [0.15, 0.2) is 11.6 Å². The first kappa shape index (κ1) is 16.9. The Morgan fingerprint density at radius 2 is 2.04 bits per heavy atom. The van der Waals surface area contributed by atoms with Gasteiger partial charge in [0.2, 0.25) is 5.91 Å². The van der Waals surface area contributed by atoms with Crippen molar-refractivity contribution in [1.29, 1.82) is 0 Å². The highest BCUT2D eigenvalue weighted by molar-refractivity contribution is 5.79. The topological polar surface area (TPSA) is 66.9 Å². The van der Waals surface area contributed by atoms with E-state index < -0.39 is 5.82 Å². The van der Waals surface area contributed by atoms with Gasteiger partial charge in [0, 0.05) is 12.1 Å². The Balaban J connectivity index is 1.24. The summed E-state index contributed by atoms with van der Waals surface area (Å²) in [6.45, 7) is 1.62. The van der Waals surface area contributed by atoms with Crippen molar-refractivity contribution in [1.82, 2.24) is 15.3 Å². The Morgan fingerprint density at radius 1 is 1.23 bits per heavy atom. The zero-order valence-electron chi connectivity index (χ0n) is 14.8. The molecular weight excluding hydrogens is 331 g/mol. The van der Waals surface area contributed by atoms with Gasteiger partial charge in [-0.2, -0.15) is 0 Å². The average molecular weight is 354 g/mol. The lowest BCUT2D eigenvalue weighted by molar-refractivity contribution is -0.121. The first-order valence-corrected chi connectivity index (χ1v) is 9.20. The minimum atomic E-state index is -0.407. The van der Waals surface area contributed by atoms with Crippen LogP contribution in [0.4, 0.5) is 10.2 Å². The molecule has 4 rings (SSSR count). The number of benzene rings is 1. The van der Waals surface area contributed by atoms with E-state index in [0.717, 1.165) is 18.4 Å². The quantitative estimate of drug-likeness (QED) is 0.836. The summed E-state index contributed by atoms with van der Waals surface area (Å²) in [5, 5.41) is 6.16. The lowest BCUT2D eigenvalue weighted by atomic mass is 9.86. The van der Waals surface area contributed by atoms with E-state index in [2.05, 4.69) is 32.7 Å². The Morgan fingerprint density at radius 3 is 2.81 bits per heavy atom. The number of anilines is 1. The van der Waals surface area contributed by atoms with Gasteiger partial charge in [-0.3, -0.25) is 4.79 Å². The highest BCUT2D eigenvalue weighted by Gasteiger charge is 2.31. The molecular formula is C20H23FN4O. The SMILES string of the molecule is Cc1ncnc(NC2CC(NC(=O)Cc3cccc(C4CC4)c3)C2)c1F. The van der Waals surface area contributed by atoms with Crippen LogP contribution in [-0.4, -0.2) is 28.0 Å². The van der Waals surface area contributed by atoms with Crippen LogP contribution in [0.1, 0.15) is 48.4 Å². The monoisotopic (exact) mass is 354 g/mol. The normalized spacial score (nSPS) is 21.8. The van der Waals surface area contributed by atoms with E-state index >= 15 is 0 Å². The number of halogens is 1. The Kier molecular flexibility index (Phi) is 4.57. The van der Waals surface area contributed by atoms with Crippen LogP contribution in [0.15, 0.2) is 30.6 Å². The van der Waals surface area contributed by atoms with E-state index in [-0.39, 0.29) is 23.8 Å². The molecule has 1 aromatic heterocycles. The molecule has 2 fully saturated rings. The molecule has 2 saturated carbocycles. The summed E-state index contributed by atoms with van der Waals surface area (Å²) in [7, 11) is 0. The number of carbonyl (C=O) groups excluding carboxylic acids is 1. The van der Waals surface area contributed by atoms with Crippen molar-refractivity contribution < 1.29 is 9.18 Å². The molecule has 6 heteroatoms. The fourth-order valence-electron chi connectivity index (χ4n) is 3.44. The first-order chi connectivity index (χ1) is 12.6. The summed E-state index contributed by atoms with van der Waals surface area (Å²) < 4.78 is 13.9. The van der Waals surface area contributed by atoms with Crippen molar-refractivity contribution >= 4 is 11.7 Å². The van der Waals surface area contributed by atoms with Crippen molar-refractivity contribution in [2.75, 3.05) is 5.32 Å². The minimum Gasteiger partial charge on any atom is -0.365 e. The van der Waals surface area contributed by atoms with E-state index in [1.54, 1.807) is 6.92 Å². The summed E-state index contributed by atoms with van der Waals surface area (Å²) in [4.78, 5) is 20.0. The molecule has 26 heavy (non-hydrogen) atoms. The molecule has 0 aliphatic heterocycles. The zero-order chi connectivity index (χ0) is 18.1. The third-order valence-corrected chi connectivity index (χ3v) is 5.17. The molecule has 1 aromatic carbocycles. The minimum absolute atomic E-state index is 0.0467. The molecule has 0 saturated heterocycles. The van der Waals surface area contributed by atoms with Gasteiger partial charge < -0.3 is 10.6 Å². The molecule has 136 valence electrons. The molecule has 0 unspecified atom stereocenters. The molecule has 2 N–H and O–H groups in total. The largest absolute Gasteiger partial charge is 0.365 e. The highest BCUT2D eigenvalue weighted by Crippen LogP contribution is 2.40. The van der Waals surface area contributed by atoms with Crippen molar-refractivity contribution in [3.8, 4) is 0 Å². The second kappa shape index (κ2) is 7.02. The van der Waals surface area contributed by atoms with Gasteiger partial charge in [-0.15, -0.1) is 0 Å². The van der Waals surface area contributed by atoms with Crippen molar-refractivity contribution in [3.63, 3.8) is 0 Å². The molecule has 1 heterocycles. The molecule has 0 bridgehead atoms. The van der Waals surface area contributed by atoms with Crippen LogP contribution in [0.2, 0.25) is 0 Å². The smallest absolute Gasteiger partial charge is 0.224 e. The van der Waals surface area contributed by atoms with Gasteiger partial charge >= 0.3 is 0 Å². The number of hydrogen-bond acceptors (Lipinski definition) is 4. The molecule has 2 aliphatic rings. The molecule has 0 radical (unpaired) electrons. The van der Waals surface area contributed by atoms with Gasteiger partial charge in [-0.05, 0) is 49.7 Å². The van der Waals surface area contributed by atoms with Gasteiger partial charge in [-0.25, -0.2) is 14.4 Å². The van der Waals surface area contributed by atoms with E-state index in [9.17, 15) is 9.18 Å². The molecule has 1 amide bonds. The van der Waals surface area contributed by atoms with Gasteiger partial charge in [0.25, 0.3) is 0 Å². The van der Waals surface area contributed by atoms with Crippen LogP contribution in [0.25, 0.3) is 0 Å². The summed E-state index contributed by atoms with van der Waals surface area (Å²) in [6.07, 6.45) is 5.84. The van der Waals surface area contributed by atoms with Gasteiger partial charge in [-0.1, -0.05) is 24.3 Å². The van der Waals surface area contributed by atoms with Crippen LogP contribution < -0.4 is 10.6 Å².